The highest BCUT2D eigenvalue weighted by atomic mass is 16.1. The van der Waals surface area contributed by atoms with Gasteiger partial charge < -0.3 is 11.1 Å². The first-order chi connectivity index (χ1) is 8.65. The number of nitrogens with one attached hydrogen (secondary N) is 1. The van der Waals surface area contributed by atoms with E-state index in [1.807, 2.05) is 31.2 Å². The largest absolute Gasteiger partial charge is 0.366 e. The molecule has 18 heavy (non-hydrogen) atoms. The van der Waals surface area contributed by atoms with Gasteiger partial charge in [-0.2, -0.15) is 5.10 Å². The second-order valence-electron chi connectivity index (χ2n) is 3.97. The van der Waals surface area contributed by atoms with E-state index in [4.69, 9.17) is 5.73 Å². The van der Waals surface area contributed by atoms with Gasteiger partial charge in [-0.25, -0.2) is 0 Å². The topological polar surface area (TPSA) is 80.9 Å². The molecule has 0 atom stereocenters. The van der Waals surface area contributed by atoms with Crippen LogP contribution in [0.4, 0.5) is 5.82 Å². The number of aryl methyl sites for hydroxylation is 1. The Kier molecular flexibility index (Phi) is 3.52. The maximum absolute atomic E-state index is 10.9. The van der Waals surface area contributed by atoms with E-state index in [9.17, 15) is 4.79 Å². The number of aromatic nitrogens is 2. The quantitative estimate of drug-likeness (QED) is 0.851. The summed E-state index contributed by atoms with van der Waals surface area (Å²) in [6.07, 6.45) is 0. The summed E-state index contributed by atoms with van der Waals surface area (Å²) >= 11 is 0. The number of hydrogen-bond acceptors (Lipinski definition) is 4. The van der Waals surface area contributed by atoms with Crippen molar-refractivity contribution in [3.05, 3.63) is 53.2 Å². The second-order valence-corrected chi connectivity index (χ2v) is 3.97. The van der Waals surface area contributed by atoms with Gasteiger partial charge in [0.25, 0.3) is 0 Å². The Morgan fingerprint density at radius 2 is 1.89 bits per heavy atom. The molecule has 5 nitrogen and oxygen atoms in total. The minimum Gasteiger partial charge on any atom is -0.366 e. The smallest absolute Gasteiger partial charge is 0.248 e. The molecule has 1 heterocycles. The van der Waals surface area contributed by atoms with E-state index in [1.54, 1.807) is 12.1 Å². The van der Waals surface area contributed by atoms with Gasteiger partial charge in [0.2, 0.25) is 5.91 Å². The molecule has 1 aromatic carbocycles. The Hall–Kier alpha value is -2.43. The van der Waals surface area contributed by atoms with Crippen molar-refractivity contribution in [2.45, 2.75) is 13.5 Å². The lowest BCUT2D eigenvalue weighted by Gasteiger charge is -2.05. The van der Waals surface area contributed by atoms with E-state index in [1.165, 1.54) is 0 Å². The van der Waals surface area contributed by atoms with Crippen molar-refractivity contribution in [2.75, 3.05) is 5.32 Å². The van der Waals surface area contributed by atoms with Crippen LogP contribution in [0.5, 0.6) is 0 Å². The summed E-state index contributed by atoms with van der Waals surface area (Å²) in [6, 6.07) is 10.9. The molecule has 0 fully saturated rings. The van der Waals surface area contributed by atoms with Crippen LogP contribution in [0, 0.1) is 6.92 Å². The van der Waals surface area contributed by atoms with Crippen molar-refractivity contribution in [1.29, 1.82) is 0 Å². The highest BCUT2D eigenvalue weighted by Crippen LogP contribution is 2.07. The van der Waals surface area contributed by atoms with Crippen molar-refractivity contribution in [3.63, 3.8) is 0 Å². The predicted molar refractivity (Wildman–Crippen MR) is 69.1 cm³/mol. The van der Waals surface area contributed by atoms with Crippen LogP contribution < -0.4 is 11.1 Å². The van der Waals surface area contributed by atoms with Crippen LogP contribution >= 0.6 is 0 Å². The van der Waals surface area contributed by atoms with Crippen LogP contribution in [0.3, 0.4) is 0 Å². The number of carbonyl (C=O) groups is 1. The summed E-state index contributed by atoms with van der Waals surface area (Å²) in [4.78, 5) is 10.9. The lowest BCUT2D eigenvalue weighted by atomic mass is 10.1. The number of primary amides is 1. The first kappa shape index (κ1) is 12.0. The number of amides is 1. The molecule has 0 spiro atoms. The number of benzene rings is 1. The Morgan fingerprint density at radius 3 is 2.44 bits per heavy atom. The molecule has 0 saturated carbocycles. The summed E-state index contributed by atoms with van der Waals surface area (Å²) in [5.41, 5.74) is 7.60. The Bertz CT molecular complexity index is 534. The number of rotatable bonds is 4. The first-order valence-electron chi connectivity index (χ1n) is 5.58. The normalized spacial score (nSPS) is 10.1. The number of nitrogens with two attached hydrogens (primary N) is 1. The third-order valence-corrected chi connectivity index (χ3v) is 2.51. The van der Waals surface area contributed by atoms with Crippen LogP contribution in [-0.4, -0.2) is 16.1 Å². The van der Waals surface area contributed by atoms with Gasteiger partial charge in [0, 0.05) is 12.1 Å². The van der Waals surface area contributed by atoms with Gasteiger partial charge in [-0.05, 0) is 36.8 Å². The Balaban J connectivity index is 1.97. The fourth-order valence-corrected chi connectivity index (χ4v) is 1.47. The Morgan fingerprint density at radius 1 is 1.17 bits per heavy atom. The zero-order chi connectivity index (χ0) is 13.0. The molecule has 2 rings (SSSR count). The van der Waals surface area contributed by atoms with Crippen molar-refractivity contribution in [3.8, 4) is 0 Å². The van der Waals surface area contributed by atoms with Gasteiger partial charge in [-0.3, -0.25) is 4.79 Å². The van der Waals surface area contributed by atoms with Gasteiger partial charge in [0.05, 0.1) is 5.69 Å². The monoisotopic (exact) mass is 242 g/mol. The first-order valence-corrected chi connectivity index (χ1v) is 5.58. The van der Waals surface area contributed by atoms with Gasteiger partial charge in [0.15, 0.2) is 0 Å². The third kappa shape index (κ3) is 3.04. The average Bonchev–Trinajstić information content (AvgIpc) is 2.38. The van der Waals surface area contributed by atoms with Crippen molar-refractivity contribution in [1.82, 2.24) is 10.2 Å². The maximum Gasteiger partial charge on any atom is 0.248 e. The number of carbonyl (C=O) groups excluding carboxylic acids is 1. The zero-order valence-electron chi connectivity index (χ0n) is 10.1. The van der Waals surface area contributed by atoms with E-state index in [-0.39, 0.29) is 0 Å². The lowest BCUT2D eigenvalue weighted by molar-refractivity contribution is 0.100. The molecule has 0 aliphatic heterocycles. The van der Waals surface area contributed by atoms with Crippen LogP contribution in [-0.2, 0) is 6.54 Å². The fraction of sp³-hybridized carbons (Fsp3) is 0.154. The van der Waals surface area contributed by atoms with Gasteiger partial charge in [-0.15, -0.1) is 5.10 Å². The predicted octanol–water partition coefficient (Wildman–Crippen LogP) is 1.50. The van der Waals surface area contributed by atoms with Crippen LogP contribution in [0.15, 0.2) is 36.4 Å². The molecular formula is C13H14N4O. The molecule has 1 amide bonds. The summed E-state index contributed by atoms with van der Waals surface area (Å²) < 4.78 is 0. The number of nitrogens with zero attached hydrogens (tertiary/aromatic N) is 2. The molecule has 0 unspecified atom stereocenters. The van der Waals surface area contributed by atoms with E-state index in [2.05, 4.69) is 15.5 Å². The molecule has 0 aliphatic rings. The molecule has 0 bridgehead atoms. The molecule has 5 heteroatoms. The van der Waals surface area contributed by atoms with Crippen molar-refractivity contribution < 1.29 is 4.79 Å². The molecule has 3 N–H and O–H groups in total. The minimum atomic E-state index is -0.418. The average molecular weight is 242 g/mol. The number of anilines is 1. The summed E-state index contributed by atoms with van der Waals surface area (Å²) in [7, 11) is 0. The Labute approximate surface area is 105 Å². The molecule has 0 saturated heterocycles. The summed E-state index contributed by atoms with van der Waals surface area (Å²) in [6.45, 7) is 2.51. The van der Waals surface area contributed by atoms with Crippen molar-refractivity contribution >= 4 is 11.7 Å². The second kappa shape index (κ2) is 5.27. The third-order valence-electron chi connectivity index (χ3n) is 2.51. The fourth-order valence-electron chi connectivity index (χ4n) is 1.47. The van der Waals surface area contributed by atoms with Crippen molar-refractivity contribution in [2.24, 2.45) is 5.73 Å². The molecule has 0 radical (unpaired) electrons. The standard InChI is InChI=1S/C13H14N4O/c1-9-2-7-12(17-16-9)15-8-10-3-5-11(6-4-10)13(14)18/h2-7H,8H2,1H3,(H2,14,18)(H,15,17). The van der Waals surface area contributed by atoms with Crippen LogP contribution in [0.2, 0.25) is 0 Å². The molecule has 0 aliphatic carbocycles. The minimum absolute atomic E-state index is 0.418. The molecular weight excluding hydrogens is 228 g/mol. The lowest BCUT2D eigenvalue weighted by Crippen LogP contribution is -2.11. The SMILES string of the molecule is Cc1ccc(NCc2ccc(C(N)=O)cc2)nn1. The van der Waals surface area contributed by atoms with Crippen LogP contribution in [0.1, 0.15) is 21.6 Å². The highest BCUT2D eigenvalue weighted by Gasteiger charge is 2.00. The molecule has 92 valence electrons. The van der Waals surface area contributed by atoms with E-state index >= 15 is 0 Å². The van der Waals surface area contributed by atoms with Crippen LogP contribution in [0.25, 0.3) is 0 Å². The maximum atomic E-state index is 10.9. The van der Waals surface area contributed by atoms with E-state index in [0.717, 1.165) is 17.1 Å². The highest BCUT2D eigenvalue weighted by molar-refractivity contribution is 5.92. The number of hydrogen-bond donors (Lipinski definition) is 2. The molecule has 1 aromatic heterocycles. The van der Waals surface area contributed by atoms with E-state index in [0.29, 0.717) is 12.1 Å². The summed E-state index contributed by atoms with van der Waals surface area (Å²) in [5, 5.41) is 11.1. The zero-order valence-corrected chi connectivity index (χ0v) is 10.1. The van der Waals surface area contributed by atoms with Gasteiger partial charge in [0.1, 0.15) is 5.82 Å². The van der Waals surface area contributed by atoms with Gasteiger partial charge >= 0.3 is 0 Å². The van der Waals surface area contributed by atoms with Gasteiger partial charge in [-0.1, -0.05) is 12.1 Å². The molecule has 2 aromatic rings. The summed E-state index contributed by atoms with van der Waals surface area (Å²) in [5.74, 6) is 0.304. The van der Waals surface area contributed by atoms with E-state index < -0.39 is 5.91 Å².